The number of hydrogen-bond acceptors (Lipinski definition) is 4. The molecule has 3 aromatic rings. The number of amides is 1. The molecule has 2 aromatic carbocycles. The van der Waals surface area contributed by atoms with Crippen LogP contribution in [0.5, 0.6) is 0 Å². The smallest absolute Gasteiger partial charge is 0.325 e. The molecule has 0 spiro atoms. The fourth-order valence-corrected chi connectivity index (χ4v) is 3.96. The van der Waals surface area contributed by atoms with Gasteiger partial charge in [-0.05, 0) is 24.6 Å². The van der Waals surface area contributed by atoms with E-state index in [0.717, 1.165) is 22.4 Å². The summed E-state index contributed by atoms with van der Waals surface area (Å²) in [6.07, 6.45) is 0.391. The molecule has 1 amide bonds. The van der Waals surface area contributed by atoms with Crippen molar-refractivity contribution in [1.29, 1.82) is 0 Å². The monoisotopic (exact) mass is 377 g/mol. The third-order valence-electron chi connectivity index (χ3n) is 5.47. The molecular formula is C22H23N3O3. The van der Waals surface area contributed by atoms with Gasteiger partial charge in [-0.2, -0.15) is 0 Å². The Morgan fingerprint density at radius 1 is 1.18 bits per heavy atom. The Hall–Kier alpha value is -3.15. The van der Waals surface area contributed by atoms with E-state index in [4.69, 9.17) is 9.72 Å². The number of imidazole rings is 1. The Bertz CT molecular complexity index is 1010. The van der Waals surface area contributed by atoms with Crippen LogP contribution in [0.4, 0.5) is 0 Å². The summed E-state index contributed by atoms with van der Waals surface area (Å²) in [5.41, 5.74) is 2.81. The summed E-state index contributed by atoms with van der Waals surface area (Å²) in [6, 6.07) is 17.7. The van der Waals surface area contributed by atoms with Crippen LogP contribution in [0.25, 0.3) is 11.0 Å². The summed E-state index contributed by atoms with van der Waals surface area (Å²) >= 11 is 0. The summed E-state index contributed by atoms with van der Waals surface area (Å²) in [5.74, 6) is 0.486. The van der Waals surface area contributed by atoms with E-state index in [1.807, 2.05) is 71.0 Å². The number of benzene rings is 2. The highest BCUT2D eigenvalue weighted by Crippen LogP contribution is 2.34. The van der Waals surface area contributed by atoms with Gasteiger partial charge in [0.1, 0.15) is 12.4 Å². The van der Waals surface area contributed by atoms with E-state index < -0.39 is 0 Å². The maximum absolute atomic E-state index is 12.8. The van der Waals surface area contributed by atoms with E-state index in [9.17, 15) is 9.59 Å². The van der Waals surface area contributed by atoms with Crippen LogP contribution in [0.2, 0.25) is 0 Å². The lowest BCUT2D eigenvalue weighted by molar-refractivity contribution is -0.141. The Labute approximate surface area is 163 Å². The number of carbonyl (C=O) groups is 2. The maximum atomic E-state index is 12.8. The lowest BCUT2D eigenvalue weighted by Crippen LogP contribution is -2.28. The minimum absolute atomic E-state index is 0.00265. The number of likely N-dealkylation sites (tertiary alicyclic amines) is 1. The average Bonchev–Trinajstić information content (AvgIpc) is 3.28. The highest BCUT2D eigenvalue weighted by Gasteiger charge is 2.36. The number of nitrogens with zero attached hydrogens (tertiary/aromatic N) is 3. The van der Waals surface area contributed by atoms with E-state index in [-0.39, 0.29) is 30.4 Å². The fourth-order valence-electron chi connectivity index (χ4n) is 3.96. The molecule has 28 heavy (non-hydrogen) atoms. The van der Waals surface area contributed by atoms with Crippen LogP contribution in [0.3, 0.4) is 0 Å². The Kier molecular flexibility index (Phi) is 4.86. The number of hydrogen-bond donors (Lipinski definition) is 0. The third-order valence-corrected chi connectivity index (χ3v) is 5.47. The molecule has 0 bridgehead atoms. The molecule has 2 heterocycles. The van der Waals surface area contributed by atoms with Crippen LogP contribution >= 0.6 is 0 Å². The van der Waals surface area contributed by atoms with Crippen LogP contribution in [0.15, 0.2) is 54.6 Å². The van der Waals surface area contributed by atoms with Gasteiger partial charge in [0.25, 0.3) is 0 Å². The van der Waals surface area contributed by atoms with E-state index in [0.29, 0.717) is 13.0 Å². The predicted molar refractivity (Wildman–Crippen MR) is 106 cm³/mol. The first kappa shape index (κ1) is 18.2. The summed E-state index contributed by atoms with van der Waals surface area (Å²) in [4.78, 5) is 31.4. The second-order valence-corrected chi connectivity index (χ2v) is 7.15. The van der Waals surface area contributed by atoms with Gasteiger partial charge >= 0.3 is 5.97 Å². The van der Waals surface area contributed by atoms with Crippen LogP contribution in [0.1, 0.15) is 36.7 Å². The van der Waals surface area contributed by atoms with Crippen LogP contribution in [0, 0.1) is 0 Å². The van der Waals surface area contributed by atoms with Crippen molar-refractivity contribution in [3.05, 3.63) is 66.0 Å². The Morgan fingerprint density at radius 3 is 2.64 bits per heavy atom. The molecule has 0 N–H and O–H groups in total. The number of para-hydroxylation sites is 2. The van der Waals surface area contributed by atoms with Gasteiger partial charge in [-0.3, -0.25) is 9.59 Å². The minimum atomic E-state index is -0.330. The zero-order valence-electron chi connectivity index (χ0n) is 16.0. The first-order chi connectivity index (χ1) is 13.6. The summed E-state index contributed by atoms with van der Waals surface area (Å²) < 4.78 is 6.75. The molecule has 6 nitrogen and oxygen atoms in total. The fraction of sp³-hybridized carbons (Fsp3) is 0.318. The number of aromatic nitrogens is 2. The molecule has 0 saturated carbocycles. The standard InChI is InChI=1S/C22H23N3O3/c1-15(16-8-4-3-5-9-16)24-13-17(12-20(24)26)22-23-18-10-6-7-11-19(18)25(22)14-21(27)28-2/h3-11,15,17H,12-14H2,1-2H3. The van der Waals surface area contributed by atoms with Crippen LogP contribution in [-0.4, -0.2) is 40.0 Å². The molecule has 0 aliphatic carbocycles. The summed E-state index contributed by atoms with van der Waals surface area (Å²) in [7, 11) is 1.38. The number of methoxy groups -OCH3 is 1. The van der Waals surface area contributed by atoms with Crippen molar-refractivity contribution in [3.63, 3.8) is 0 Å². The van der Waals surface area contributed by atoms with Crippen molar-refractivity contribution in [1.82, 2.24) is 14.5 Å². The van der Waals surface area contributed by atoms with Crippen LogP contribution < -0.4 is 0 Å². The topological polar surface area (TPSA) is 64.4 Å². The SMILES string of the molecule is COC(=O)Cn1c(C2CC(=O)N(C(C)c3ccccc3)C2)nc2ccccc21. The van der Waals surface area contributed by atoms with Crippen molar-refractivity contribution >= 4 is 22.9 Å². The Balaban J connectivity index is 1.66. The molecule has 0 radical (unpaired) electrons. The third kappa shape index (κ3) is 3.26. The molecule has 1 aromatic heterocycles. The lowest BCUT2D eigenvalue weighted by Gasteiger charge is -2.25. The number of fused-ring (bicyclic) bond motifs is 1. The lowest BCUT2D eigenvalue weighted by atomic mass is 10.1. The number of carbonyl (C=O) groups excluding carboxylic acids is 2. The van der Waals surface area contributed by atoms with Crippen molar-refractivity contribution < 1.29 is 14.3 Å². The van der Waals surface area contributed by atoms with Crippen LogP contribution in [-0.2, 0) is 20.9 Å². The zero-order valence-corrected chi connectivity index (χ0v) is 16.0. The molecule has 2 atom stereocenters. The highest BCUT2D eigenvalue weighted by atomic mass is 16.5. The second kappa shape index (κ2) is 7.46. The van der Waals surface area contributed by atoms with E-state index in [1.54, 1.807) is 0 Å². The van der Waals surface area contributed by atoms with Crippen molar-refractivity contribution in [3.8, 4) is 0 Å². The molecule has 1 aliphatic rings. The minimum Gasteiger partial charge on any atom is -0.468 e. The van der Waals surface area contributed by atoms with Crippen molar-refractivity contribution in [2.24, 2.45) is 0 Å². The number of rotatable bonds is 5. The number of esters is 1. The largest absolute Gasteiger partial charge is 0.468 e. The first-order valence-corrected chi connectivity index (χ1v) is 9.45. The van der Waals surface area contributed by atoms with Crippen molar-refractivity contribution in [2.75, 3.05) is 13.7 Å². The van der Waals surface area contributed by atoms with E-state index >= 15 is 0 Å². The van der Waals surface area contributed by atoms with E-state index in [1.165, 1.54) is 7.11 Å². The molecule has 144 valence electrons. The quantitative estimate of drug-likeness (QED) is 0.640. The van der Waals surface area contributed by atoms with E-state index in [2.05, 4.69) is 0 Å². The molecule has 1 fully saturated rings. The average molecular weight is 377 g/mol. The summed E-state index contributed by atoms with van der Waals surface area (Å²) in [5, 5.41) is 0. The Morgan fingerprint density at radius 2 is 1.89 bits per heavy atom. The molecule has 1 aliphatic heterocycles. The molecule has 2 unspecified atom stereocenters. The second-order valence-electron chi connectivity index (χ2n) is 7.15. The molecule has 4 rings (SSSR count). The maximum Gasteiger partial charge on any atom is 0.325 e. The van der Waals surface area contributed by atoms with Gasteiger partial charge in [0.15, 0.2) is 0 Å². The highest BCUT2D eigenvalue weighted by molar-refractivity contribution is 5.82. The first-order valence-electron chi connectivity index (χ1n) is 9.45. The van der Waals surface area contributed by atoms with Crippen molar-refractivity contribution in [2.45, 2.75) is 31.8 Å². The van der Waals surface area contributed by atoms with Gasteiger partial charge in [0, 0.05) is 18.9 Å². The van der Waals surface area contributed by atoms with Gasteiger partial charge in [-0.25, -0.2) is 4.98 Å². The molecule has 6 heteroatoms. The van der Waals surface area contributed by atoms with Gasteiger partial charge in [-0.15, -0.1) is 0 Å². The normalized spacial score (nSPS) is 17.9. The van der Waals surface area contributed by atoms with Gasteiger partial charge in [-0.1, -0.05) is 42.5 Å². The molecular weight excluding hydrogens is 354 g/mol. The van der Waals surface area contributed by atoms with Gasteiger partial charge in [0.05, 0.1) is 24.2 Å². The molecule has 1 saturated heterocycles. The zero-order chi connectivity index (χ0) is 19.7. The van der Waals surface area contributed by atoms with Gasteiger partial charge in [0.2, 0.25) is 5.91 Å². The predicted octanol–water partition coefficient (Wildman–Crippen LogP) is 3.29. The van der Waals surface area contributed by atoms with Gasteiger partial charge < -0.3 is 14.2 Å². The summed E-state index contributed by atoms with van der Waals surface area (Å²) in [6.45, 7) is 2.72. The number of ether oxygens (including phenoxy) is 1.